The van der Waals surface area contributed by atoms with Crippen LogP contribution in [0.2, 0.25) is 0 Å². The fraction of sp³-hybridized carbons (Fsp3) is 0.417. The summed E-state index contributed by atoms with van der Waals surface area (Å²) in [6.07, 6.45) is 0. The lowest BCUT2D eigenvalue weighted by Crippen LogP contribution is -2.41. The third-order valence-corrected chi connectivity index (χ3v) is 4.44. The fourth-order valence-corrected chi connectivity index (χ4v) is 2.55. The summed E-state index contributed by atoms with van der Waals surface area (Å²) in [7, 11) is -3.61. The molecule has 5 nitrogen and oxygen atoms in total. The van der Waals surface area contributed by atoms with Crippen LogP contribution < -0.4 is 11.1 Å². The van der Waals surface area contributed by atoms with E-state index >= 15 is 0 Å². The molecule has 0 heterocycles. The van der Waals surface area contributed by atoms with Crippen LogP contribution in [0.4, 0.5) is 8.78 Å². The summed E-state index contributed by atoms with van der Waals surface area (Å²) in [5.41, 5.74) is 4.70. The van der Waals surface area contributed by atoms with Crippen LogP contribution in [0, 0.1) is 0 Å². The van der Waals surface area contributed by atoms with Crippen molar-refractivity contribution < 1.29 is 22.0 Å². The van der Waals surface area contributed by atoms with Gasteiger partial charge in [-0.05, 0) is 12.1 Å². The largest absolute Gasteiger partial charge is 0.346 e. The molecular formula is C12H17ClF2N2O3S. The second-order valence-corrected chi connectivity index (χ2v) is 6.39. The molecule has 9 heteroatoms. The first kappa shape index (κ1) is 19.8. The lowest BCUT2D eigenvalue weighted by molar-refractivity contribution is 0.0118. The van der Waals surface area contributed by atoms with Crippen molar-refractivity contribution >= 4 is 28.2 Å². The van der Waals surface area contributed by atoms with Crippen molar-refractivity contribution in [2.24, 2.45) is 5.73 Å². The van der Waals surface area contributed by atoms with Crippen LogP contribution >= 0.6 is 12.4 Å². The zero-order valence-corrected chi connectivity index (χ0v) is 12.9. The Hall–Kier alpha value is -1.25. The van der Waals surface area contributed by atoms with E-state index in [4.69, 9.17) is 5.73 Å². The summed E-state index contributed by atoms with van der Waals surface area (Å²) in [4.78, 5) is 11.7. The van der Waals surface area contributed by atoms with Gasteiger partial charge in [-0.25, -0.2) is 17.2 Å². The maximum absolute atomic E-state index is 13.0. The topological polar surface area (TPSA) is 89.3 Å². The predicted molar refractivity (Wildman–Crippen MR) is 77.8 cm³/mol. The zero-order valence-electron chi connectivity index (χ0n) is 11.3. The molecule has 0 aromatic heterocycles. The lowest BCUT2D eigenvalue weighted by Gasteiger charge is -2.15. The first-order valence-electron chi connectivity index (χ1n) is 5.91. The summed E-state index contributed by atoms with van der Waals surface area (Å²) in [6, 6.07) is 5.48. The smallest absolute Gasteiger partial charge is 0.277 e. The average molecular weight is 343 g/mol. The monoisotopic (exact) mass is 342 g/mol. The summed E-state index contributed by atoms with van der Waals surface area (Å²) in [5, 5.41) is 1.99. The number of rotatable bonds is 6. The van der Waals surface area contributed by atoms with Gasteiger partial charge < -0.3 is 11.1 Å². The lowest BCUT2D eigenvalue weighted by atomic mass is 10.2. The van der Waals surface area contributed by atoms with E-state index in [0.29, 0.717) is 0 Å². The number of benzene rings is 1. The van der Waals surface area contributed by atoms with Crippen LogP contribution in [0.25, 0.3) is 0 Å². The number of nitrogens with two attached hydrogens (primary N) is 1. The van der Waals surface area contributed by atoms with E-state index in [1.54, 1.807) is 0 Å². The maximum atomic E-state index is 13.0. The molecule has 0 aliphatic heterocycles. The van der Waals surface area contributed by atoms with Crippen LogP contribution in [0.1, 0.15) is 17.3 Å². The van der Waals surface area contributed by atoms with Gasteiger partial charge >= 0.3 is 0 Å². The molecule has 0 spiro atoms. The van der Waals surface area contributed by atoms with Gasteiger partial charge in [-0.15, -0.1) is 12.4 Å². The van der Waals surface area contributed by atoms with Crippen molar-refractivity contribution in [1.82, 2.24) is 5.32 Å². The van der Waals surface area contributed by atoms with Gasteiger partial charge in [0, 0.05) is 0 Å². The molecular weight excluding hydrogens is 326 g/mol. The maximum Gasteiger partial charge on any atom is 0.277 e. The second-order valence-electron chi connectivity index (χ2n) is 4.14. The number of nitrogens with one attached hydrogen (secondary N) is 1. The molecule has 0 bridgehead atoms. The third kappa shape index (κ3) is 5.22. The van der Waals surface area contributed by atoms with Crippen LogP contribution in [-0.2, 0) is 9.84 Å². The van der Waals surface area contributed by atoms with Crippen LogP contribution in [0.3, 0.4) is 0 Å². The Bertz CT molecular complexity index is 594. The first-order chi connectivity index (χ1) is 9.23. The minimum absolute atomic E-state index is 0. The Labute approximate surface area is 128 Å². The highest BCUT2D eigenvalue weighted by atomic mass is 35.5. The van der Waals surface area contributed by atoms with Crippen molar-refractivity contribution in [2.45, 2.75) is 17.7 Å². The van der Waals surface area contributed by atoms with Crippen LogP contribution in [0.15, 0.2) is 29.2 Å². The molecule has 3 N–H and O–H groups in total. The first-order valence-corrected chi connectivity index (χ1v) is 7.56. The molecule has 0 saturated heterocycles. The highest BCUT2D eigenvalue weighted by Crippen LogP contribution is 2.17. The summed E-state index contributed by atoms with van der Waals surface area (Å²) in [5.74, 6) is -4.28. The normalized spacial score (nSPS) is 11.6. The number of hydrogen-bond acceptors (Lipinski definition) is 4. The summed E-state index contributed by atoms with van der Waals surface area (Å²) < 4.78 is 49.6. The molecule has 1 aromatic carbocycles. The number of amides is 1. The van der Waals surface area contributed by atoms with Gasteiger partial charge in [-0.3, -0.25) is 4.79 Å². The van der Waals surface area contributed by atoms with Crippen LogP contribution in [-0.4, -0.2) is 39.1 Å². The van der Waals surface area contributed by atoms with Gasteiger partial charge in [0.15, 0.2) is 9.84 Å². The minimum atomic E-state index is -3.61. The van der Waals surface area contributed by atoms with E-state index < -0.39 is 34.8 Å². The molecule has 0 aliphatic rings. The molecule has 0 aliphatic carbocycles. The number of halogens is 3. The van der Waals surface area contributed by atoms with E-state index in [1.165, 1.54) is 31.2 Å². The Morgan fingerprint density at radius 1 is 1.33 bits per heavy atom. The highest BCUT2D eigenvalue weighted by molar-refractivity contribution is 7.91. The molecule has 0 unspecified atom stereocenters. The molecule has 0 atom stereocenters. The van der Waals surface area contributed by atoms with Gasteiger partial charge in [0.05, 0.1) is 29.3 Å². The average Bonchev–Trinajstić information content (AvgIpc) is 2.45. The molecule has 0 saturated carbocycles. The predicted octanol–water partition coefficient (Wildman–Crippen LogP) is 1.23. The Kier molecular flexibility index (Phi) is 7.21. The van der Waals surface area contributed by atoms with E-state index in [0.717, 1.165) is 0 Å². The summed E-state index contributed by atoms with van der Waals surface area (Å²) in [6.45, 7) is -0.405. The van der Waals surface area contributed by atoms with Crippen molar-refractivity contribution in [2.75, 3.05) is 18.8 Å². The zero-order chi connectivity index (χ0) is 15.4. The van der Waals surface area contributed by atoms with Gasteiger partial charge in [0.25, 0.3) is 11.8 Å². The van der Waals surface area contributed by atoms with Gasteiger partial charge in [0.2, 0.25) is 0 Å². The molecule has 21 heavy (non-hydrogen) atoms. The fourth-order valence-electron chi connectivity index (χ4n) is 1.46. The van der Waals surface area contributed by atoms with E-state index in [1.807, 2.05) is 5.32 Å². The number of carbonyl (C=O) groups excluding carboxylic acids is 1. The molecule has 120 valence electrons. The standard InChI is InChI=1S/C12H16F2N2O3S.ClH/c1-2-20(18,19)10-6-4-3-5-9(10)11(17)16-8-12(13,14)7-15;/h3-6H,2,7-8,15H2,1H3,(H,16,17);1H. The second kappa shape index (κ2) is 7.67. The summed E-state index contributed by atoms with van der Waals surface area (Å²) >= 11 is 0. The van der Waals surface area contributed by atoms with Gasteiger partial charge in [0.1, 0.15) is 0 Å². The number of sulfone groups is 1. The Balaban J connectivity index is 0.00000400. The van der Waals surface area contributed by atoms with Gasteiger partial charge in [-0.1, -0.05) is 19.1 Å². The van der Waals surface area contributed by atoms with Crippen molar-refractivity contribution in [3.05, 3.63) is 29.8 Å². The molecule has 0 fully saturated rings. The Morgan fingerprint density at radius 2 is 1.90 bits per heavy atom. The minimum Gasteiger partial charge on any atom is -0.346 e. The van der Waals surface area contributed by atoms with E-state index in [9.17, 15) is 22.0 Å². The molecule has 1 rings (SSSR count). The highest BCUT2D eigenvalue weighted by Gasteiger charge is 2.28. The van der Waals surface area contributed by atoms with Crippen molar-refractivity contribution in [3.63, 3.8) is 0 Å². The Morgan fingerprint density at radius 3 is 2.43 bits per heavy atom. The number of alkyl halides is 2. The number of carbonyl (C=O) groups is 1. The van der Waals surface area contributed by atoms with Crippen molar-refractivity contribution in [1.29, 1.82) is 0 Å². The quantitative estimate of drug-likeness (QED) is 0.813. The molecule has 1 aromatic rings. The molecule has 0 radical (unpaired) electrons. The molecule has 1 amide bonds. The van der Waals surface area contributed by atoms with Crippen LogP contribution in [0.5, 0.6) is 0 Å². The number of hydrogen-bond donors (Lipinski definition) is 2. The van der Waals surface area contributed by atoms with E-state index in [2.05, 4.69) is 0 Å². The SMILES string of the molecule is CCS(=O)(=O)c1ccccc1C(=O)NCC(F)(F)CN.Cl. The third-order valence-electron chi connectivity index (χ3n) is 2.65. The van der Waals surface area contributed by atoms with E-state index in [-0.39, 0.29) is 28.6 Å². The van der Waals surface area contributed by atoms with Gasteiger partial charge in [-0.2, -0.15) is 0 Å². The van der Waals surface area contributed by atoms with Crippen molar-refractivity contribution in [3.8, 4) is 0 Å².